The van der Waals surface area contributed by atoms with Gasteiger partial charge in [-0.15, -0.1) is 23.1 Å². The average Bonchev–Trinajstić information content (AvgIpc) is 3.52. The number of amides is 3. The summed E-state index contributed by atoms with van der Waals surface area (Å²) in [4.78, 5) is 44.5. The topological polar surface area (TPSA) is 100 Å². The number of thioether (sulfide) groups is 1. The van der Waals surface area contributed by atoms with Gasteiger partial charge in [-0.1, -0.05) is 77.8 Å². The Morgan fingerprint density at radius 1 is 0.867 bits per heavy atom. The first kappa shape index (κ1) is 32.0. The van der Waals surface area contributed by atoms with Crippen molar-refractivity contribution in [3.63, 3.8) is 0 Å². The maximum Gasteiger partial charge on any atom is 0.272 e. The second-order valence-corrected chi connectivity index (χ2v) is 12.8. The molecule has 0 bridgehead atoms. The summed E-state index contributed by atoms with van der Waals surface area (Å²) in [6, 6.07) is 30.3. The predicted molar refractivity (Wildman–Crippen MR) is 185 cm³/mol. The third kappa shape index (κ3) is 8.83. The third-order valence-corrected chi connectivity index (χ3v) is 8.82. The van der Waals surface area contributed by atoms with Gasteiger partial charge in [0.2, 0.25) is 5.91 Å². The highest BCUT2D eigenvalue weighted by atomic mass is 35.5. The molecule has 1 unspecified atom stereocenters. The fraction of sp³-hybridized carbons (Fsp3) is 0.0588. The van der Waals surface area contributed by atoms with E-state index in [1.165, 1.54) is 29.2 Å². The van der Waals surface area contributed by atoms with E-state index in [2.05, 4.69) is 20.9 Å². The van der Waals surface area contributed by atoms with E-state index in [0.717, 1.165) is 16.2 Å². The Hall–Kier alpha value is -4.41. The van der Waals surface area contributed by atoms with Gasteiger partial charge in [-0.3, -0.25) is 14.4 Å². The summed E-state index contributed by atoms with van der Waals surface area (Å²) >= 11 is 15.1. The normalized spacial score (nSPS) is 11.8. The van der Waals surface area contributed by atoms with Crippen LogP contribution in [0, 0.1) is 0 Å². The van der Waals surface area contributed by atoms with Crippen LogP contribution in [0.4, 0.5) is 10.8 Å². The van der Waals surface area contributed by atoms with Crippen molar-refractivity contribution >= 4 is 80.9 Å². The lowest BCUT2D eigenvalue weighted by atomic mass is 10.1. The number of nitrogens with one attached hydrogen (secondary N) is 3. The molecule has 1 atom stereocenters. The van der Waals surface area contributed by atoms with E-state index in [0.29, 0.717) is 32.0 Å². The molecule has 1 heterocycles. The standard InChI is InChI=1S/C34H26Cl2N4O3S2/c1-21(31(41)40-34-39-30(20-44-34)22-8-4-2-5-9-22)45-27-16-14-26(15-17-27)37-33(43)29(18-24-12-13-25(35)19-28(24)36)38-32(42)23-10-6-3-7-11-23/h2-21H,1H3,(H,37,43)(H,38,42)(H,39,40,41)/b29-18-. The monoisotopic (exact) mass is 672 g/mol. The van der Waals surface area contributed by atoms with Gasteiger partial charge in [-0.2, -0.15) is 0 Å². The number of anilines is 2. The van der Waals surface area contributed by atoms with Gasteiger partial charge in [0.1, 0.15) is 5.70 Å². The summed E-state index contributed by atoms with van der Waals surface area (Å²) in [5, 5.41) is 11.2. The molecule has 5 rings (SSSR count). The van der Waals surface area contributed by atoms with Crippen molar-refractivity contribution in [3.8, 4) is 11.3 Å². The molecule has 0 fully saturated rings. The largest absolute Gasteiger partial charge is 0.321 e. The average molecular weight is 674 g/mol. The van der Waals surface area contributed by atoms with Crippen LogP contribution in [-0.2, 0) is 9.59 Å². The number of hydrogen-bond donors (Lipinski definition) is 3. The number of hydrogen-bond acceptors (Lipinski definition) is 6. The Bertz CT molecular complexity index is 1850. The van der Waals surface area contributed by atoms with E-state index in [-0.39, 0.29) is 11.6 Å². The first-order chi connectivity index (χ1) is 21.7. The van der Waals surface area contributed by atoms with Crippen LogP contribution in [0.3, 0.4) is 0 Å². The summed E-state index contributed by atoms with van der Waals surface area (Å²) in [7, 11) is 0. The summed E-state index contributed by atoms with van der Waals surface area (Å²) in [5.41, 5.74) is 3.19. The van der Waals surface area contributed by atoms with E-state index in [1.807, 2.05) is 54.8 Å². The molecule has 0 saturated carbocycles. The molecule has 0 saturated heterocycles. The molecule has 0 radical (unpaired) electrons. The minimum absolute atomic E-state index is 0.00516. The lowest BCUT2D eigenvalue weighted by Gasteiger charge is -2.13. The molecule has 11 heteroatoms. The highest BCUT2D eigenvalue weighted by Gasteiger charge is 2.18. The Morgan fingerprint density at radius 2 is 1.56 bits per heavy atom. The van der Waals surface area contributed by atoms with Gasteiger partial charge in [0.05, 0.1) is 10.9 Å². The number of rotatable bonds is 10. The molecule has 0 aliphatic carbocycles. The van der Waals surface area contributed by atoms with Crippen LogP contribution in [0.25, 0.3) is 17.3 Å². The lowest BCUT2D eigenvalue weighted by Crippen LogP contribution is -2.30. The minimum atomic E-state index is -0.545. The molecule has 0 aliphatic heterocycles. The first-order valence-corrected chi connectivity index (χ1v) is 16.2. The van der Waals surface area contributed by atoms with E-state index in [4.69, 9.17) is 23.2 Å². The minimum Gasteiger partial charge on any atom is -0.321 e. The molecule has 0 spiro atoms. The Morgan fingerprint density at radius 3 is 2.24 bits per heavy atom. The fourth-order valence-electron chi connectivity index (χ4n) is 4.07. The molecule has 5 aromatic rings. The molecule has 7 nitrogen and oxygen atoms in total. The molecular weight excluding hydrogens is 647 g/mol. The SMILES string of the molecule is CC(Sc1ccc(NC(=O)/C(=C/c2ccc(Cl)cc2Cl)NC(=O)c2ccccc2)cc1)C(=O)Nc1nc(-c2ccccc2)cs1. The summed E-state index contributed by atoms with van der Waals surface area (Å²) in [6.07, 6.45) is 1.49. The van der Waals surface area contributed by atoms with Crippen LogP contribution < -0.4 is 16.0 Å². The molecule has 4 aromatic carbocycles. The second-order valence-electron chi connectivity index (χ2n) is 9.68. The highest BCUT2D eigenvalue weighted by molar-refractivity contribution is 8.00. The number of aromatic nitrogens is 1. The van der Waals surface area contributed by atoms with Crippen LogP contribution in [0.15, 0.2) is 119 Å². The molecule has 3 amide bonds. The van der Waals surface area contributed by atoms with Crippen molar-refractivity contribution in [1.82, 2.24) is 10.3 Å². The van der Waals surface area contributed by atoms with Crippen molar-refractivity contribution in [2.24, 2.45) is 0 Å². The molecule has 3 N–H and O–H groups in total. The zero-order valence-electron chi connectivity index (χ0n) is 23.8. The summed E-state index contributed by atoms with van der Waals surface area (Å²) in [6.45, 7) is 1.82. The third-order valence-electron chi connectivity index (χ3n) is 6.39. The quantitative estimate of drug-likeness (QED) is 0.102. The Labute approximate surface area is 278 Å². The van der Waals surface area contributed by atoms with Crippen molar-refractivity contribution < 1.29 is 14.4 Å². The number of benzene rings is 4. The van der Waals surface area contributed by atoms with Gasteiger partial charge >= 0.3 is 0 Å². The van der Waals surface area contributed by atoms with Gasteiger partial charge < -0.3 is 16.0 Å². The van der Waals surface area contributed by atoms with Crippen molar-refractivity contribution in [1.29, 1.82) is 0 Å². The van der Waals surface area contributed by atoms with Crippen LogP contribution in [0.1, 0.15) is 22.8 Å². The summed E-state index contributed by atoms with van der Waals surface area (Å²) < 4.78 is 0. The van der Waals surface area contributed by atoms with Gasteiger partial charge in [0, 0.05) is 37.1 Å². The lowest BCUT2D eigenvalue weighted by molar-refractivity contribution is -0.115. The number of carbonyl (C=O) groups is 3. The maximum atomic E-state index is 13.4. The van der Waals surface area contributed by atoms with Gasteiger partial charge in [0.15, 0.2) is 5.13 Å². The molecule has 45 heavy (non-hydrogen) atoms. The zero-order chi connectivity index (χ0) is 31.8. The predicted octanol–water partition coefficient (Wildman–Crippen LogP) is 8.65. The smallest absolute Gasteiger partial charge is 0.272 e. The number of thiazole rings is 1. The van der Waals surface area contributed by atoms with Gasteiger partial charge in [-0.25, -0.2) is 4.98 Å². The second kappa shape index (κ2) is 15.0. The van der Waals surface area contributed by atoms with E-state index in [9.17, 15) is 14.4 Å². The molecule has 226 valence electrons. The fourth-order valence-corrected chi connectivity index (χ4v) is 6.12. The molecular formula is C34H26Cl2N4O3S2. The van der Waals surface area contributed by atoms with Crippen LogP contribution in [-0.4, -0.2) is 28.0 Å². The van der Waals surface area contributed by atoms with Gasteiger partial charge in [-0.05, 0) is 67.1 Å². The Kier molecular flexibility index (Phi) is 10.7. The first-order valence-electron chi connectivity index (χ1n) is 13.7. The van der Waals surface area contributed by atoms with Crippen molar-refractivity contribution in [3.05, 3.63) is 135 Å². The van der Waals surface area contributed by atoms with E-state index in [1.54, 1.807) is 60.7 Å². The summed E-state index contributed by atoms with van der Waals surface area (Å²) in [5.74, 6) is -1.16. The van der Waals surface area contributed by atoms with E-state index >= 15 is 0 Å². The van der Waals surface area contributed by atoms with Gasteiger partial charge in [0.25, 0.3) is 11.8 Å². The van der Waals surface area contributed by atoms with Crippen molar-refractivity contribution in [2.45, 2.75) is 17.1 Å². The van der Waals surface area contributed by atoms with Crippen molar-refractivity contribution in [2.75, 3.05) is 10.6 Å². The van der Waals surface area contributed by atoms with Crippen LogP contribution >= 0.6 is 46.3 Å². The highest BCUT2D eigenvalue weighted by Crippen LogP contribution is 2.29. The van der Waals surface area contributed by atoms with E-state index < -0.39 is 17.1 Å². The Balaban J connectivity index is 1.23. The maximum absolute atomic E-state index is 13.4. The molecule has 1 aromatic heterocycles. The number of carbonyl (C=O) groups excluding carboxylic acids is 3. The van der Waals surface area contributed by atoms with Crippen LogP contribution in [0.5, 0.6) is 0 Å². The molecule has 0 aliphatic rings. The van der Waals surface area contributed by atoms with Crippen LogP contribution in [0.2, 0.25) is 10.0 Å². The number of nitrogens with zero attached hydrogens (tertiary/aromatic N) is 1. The zero-order valence-corrected chi connectivity index (χ0v) is 26.9. The number of halogens is 2.